The third-order valence-corrected chi connectivity index (χ3v) is 4.16. The zero-order valence-electron chi connectivity index (χ0n) is 12.7. The summed E-state index contributed by atoms with van der Waals surface area (Å²) in [5.41, 5.74) is 0. The van der Waals surface area contributed by atoms with Gasteiger partial charge in [0.25, 0.3) is 0 Å². The summed E-state index contributed by atoms with van der Waals surface area (Å²) in [4.78, 5) is 13.8. The molecule has 0 aromatic rings. The minimum atomic E-state index is -0.114. The van der Waals surface area contributed by atoms with Crippen LogP contribution < -0.4 is 0 Å². The molecule has 1 rings (SSSR count). The van der Waals surface area contributed by atoms with Crippen molar-refractivity contribution in [2.45, 2.75) is 77.2 Å². The van der Waals surface area contributed by atoms with Crippen LogP contribution in [0.2, 0.25) is 0 Å². The smallest absolute Gasteiger partial charge is 0.222 e. The number of unbranched alkanes of at least 4 members (excludes halogenated alkanes) is 6. The number of aliphatic hydroxyl groups is 1. The highest BCUT2D eigenvalue weighted by Gasteiger charge is 2.28. The van der Waals surface area contributed by atoms with Gasteiger partial charge in [-0.2, -0.15) is 0 Å². The van der Waals surface area contributed by atoms with Crippen LogP contribution in [0.25, 0.3) is 0 Å². The van der Waals surface area contributed by atoms with Gasteiger partial charge in [0.1, 0.15) is 0 Å². The molecule has 0 aromatic heterocycles. The Balaban J connectivity index is 1.94. The number of hydrogen-bond donors (Lipinski definition) is 1. The number of rotatable bonds is 10. The number of aliphatic hydroxyl groups excluding tert-OH is 1. The number of nitrogens with zero attached hydrogens (tertiary/aromatic N) is 1. The van der Waals surface area contributed by atoms with Gasteiger partial charge in [-0.3, -0.25) is 4.79 Å². The number of carbonyl (C=O) groups excluding carboxylic acids is 1. The Morgan fingerprint density at radius 1 is 1.11 bits per heavy atom. The van der Waals surface area contributed by atoms with Crippen LogP contribution in [0.1, 0.15) is 71.1 Å². The Labute approximate surface area is 118 Å². The number of carbonyl (C=O) groups is 1. The fraction of sp³-hybridized carbons (Fsp3) is 0.938. The molecule has 112 valence electrons. The maximum atomic E-state index is 11.9. The molecule has 3 nitrogen and oxygen atoms in total. The van der Waals surface area contributed by atoms with Gasteiger partial charge >= 0.3 is 0 Å². The molecule has 1 aliphatic rings. The monoisotopic (exact) mass is 269 g/mol. The van der Waals surface area contributed by atoms with Crippen molar-refractivity contribution in [3.8, 4) is 0 Å². The van der Waals surface area contributed by atoms with Gasteiger partial charge in [-0.15, -0.1) is 0 Å². The Morgan fingerprint density at radius 3 is 2.26 bits per heavy atom. The zero-order chi connectivity index (χ0) is 14.1. The highest BCUT2D eigenvalue weighted by molar-refractivity contribution is 5.75. The van der Waals surface area contributed by atoms with Crippen molar-refractivity contribution in [3.05, 3.63) is 0 Å². The van der Waals surface area contributed by atoms with Gasteiger partial charge in [-0.1, -0.05) is 45.4 Å². The van der Waals surface area contributed by atoms with Crippen molar-refractivity contribution in [1.82, 2.24) is 4.90 Å². The van der Waals surface area contributed by atoms with Crippen LogP contribution in [0.4, 0.5) is 0 Å². The quantitative estimate of drug-likeness (QED) is 0.618. The third kappa shape index (κ3) is 6.95. The van der Waals surface area contributed by atoms with Crippen LogP contribution >= 0.6 is 0 Å². The number of amides is 1. The Bertz CT molecular complexity index is 249. The Morgan fingerprint density at radius 2 is 1.68 bits per heavy atom. The Kier molecular flexibility index (Phi) is 8.11. The van der Waals surface area contributed by atoms with E-state index in [0.29, 0.717) is 12.3 Å². The van der Waals surface area contributed by atoms with E-state index >= 15 is 0 Å². The normalized spacial score (nSPS) is 22.1. The second kappa shape index (κ2) is 9.35. The molecule has 0 saturated heterocycles. The fourth-order valence-electron chi connectivity index (χ4n) is 2.76. The van der Waals surface area contributed by atoms with E-state index in [4.69, 9.17) is 0 Å². The molecule has 1 saturated carbocycles. The predicted octanol–water partition coefficient (Wildman–Crippen LogP) is 3.36. The van der Waals surface area contributed by atoms with Crippen LogP contribution in [-0.4, -0.2) is 35.6 Å². The fourth-order valence-corrected chi connectivity index (χ4v) is 2.76. The molecule has 0 unspecified atom stereocenters. The first-order valence-corrected chi connectivity index (χ1v) is 8.05. The molecule has 1 amide bonds. The summed E-state index contributed by atoms with van der Waals surface area (Å²) in [6, 6.07) is 0. The van der Waals surface area contributed by atoms with E-state index in [9.17, 15) is 9.90 Å². The van der Waals surface area contributed by atoms with Crippen LogP contribution in [0, 0.1) is 5.92 Å². The molecule has 1 N–H and O–H groups in total. The second-order valence-corrected chi connectivity index (χ2v) is 6.14. The molecule has 1 fully saturated rings. The molecular formula is C16H31NO2. The van der Waals surface area contributed by atoms with Crippen LogP contribution in [-0.2, 0) is 4.79 Å². The molecule has 0 aliphatic heterocycles. The zero-order valence-corrected chi connectivity index (χ0v) is 12.7. The first-order valence-electron chi connectivity index (χ1n) is 8.05. The third-order valence-electron chi connectivity index (χ3n) is 4.16. The summed E-state index contributed by atoms with van der Waals surface area (Å²) in [5, 5.41) is 9.23. The molecule has 3 heteroatoms. The molecule has 0 spiro atoms. The SMILES string of the molecule is CCCCCCCCCC(=O)N(C)CC1CC(O)C1. The average Bonchev–Trinajstić information content (AvgIpc) is 2.35. The van der Waals surface area contributed by atoms with Gasteiger partial charge in [-0.25, -0.2) is 0 Å². The number of hydrogen-bond acceptors (Lipinski definition) is 2. The topological polar surface area (TPSA) is 40.5 Å². The molecular weight excluding hydrogens is 238 g/mol. The highest BCUT2D eigenvalue weighted by atomic mass is 16.3. The summed E-state index contributed by atoms with van der Waals surface area (Å²) in [5.74, 6) is 0.799. The lowest BCUT2D eigenvalue weighted by atomic mass is 9.82. The van der Waals surface area contributed by atoms with E-state index in [2.05, 4.69) is 6.92 Å². The summed E-state index contributed by atoms with van der Waals surface area (Å²) in [6.45, 7) is 3.06. The first kappa shape index (κ1) is 16.5. The molecule has 0 bridgehead atoms. The van der Waals surface area contributed by atoms with Crippen LogP contribution in [0.5, 0.6) is 0 Å². The van der Waals surface area contributed by atoms with Crippen molar-refractivity contribution in [3.63, 3.8) is 0 Å². The van der Waals surface area contributed by atoms with Crippen LogP contribution in [0.3, 0.4) is 0 Å². The van der Waals surface area contributed by atoms with E-state index in [1.807, 2.05) is 11.9 Å². The van der Waals surface area contributed by atoms with Gasteiger partial charge in [0.15, 0.2) is 0 Å². The highest BCUT2D eigenvalue weighted by Crippen LogP contribution is 2.27. The van der Waals surface area contributed by atoms with Crippen molar-refractivity contribution < 1.29 is 9.90 Å². The lowest BCUT2D eigenvalue weighted by molar-refractivity contribution is -0.131. The van der Waals surface area contributed by atoms with Crippen molar-refractivity contribution in [1.29, 1.82) is 0 Å². The molecule has 19 heavy (non-hydrogen) atoms. The van der Waals surface area contributed by atoms with Gasteiger partial charge in [0.05, 0.1) is 6.10 Å². The summed E-state index contributed by atoms with van der Waals surface area (Å²) >= 11 is 0. The minimum absolute atomic E-state index is 0.114. The molecule has 1 aliphatic carbocycles. The molecule has 0 radical (unpaired) electrons. The lowest BCUT2D eigenvalue weighted by Crippen LogP contribution is -2.39. The van der Waals surface area contributed by atoms with Gasteiger partial charge in [0.2, 0.25) is 5.91 Å². The Hall–Kier alpha value is -0.570. The van der Waals surface area contributed by atoms with Crippen molar-refractivity contribution in [2.75, 3.05) is 13.6 Å². The lowest BCUT2D eigenvalue weighted by Gasteiger charge is -2.34. The maximum absolute atomic E-state index is 11.9. The minimum Gasteiger partial charge on any atom is -0.393 e. The summed E-state index contributed by atoms with van der Waals surface area (Å²) in [7, 11) is 1.90. The van der Waals surface area contributed by atoms with Crippen LogP contribution in [0.15, 0.2) is 0 Å². The van der Waals surface area contributed by atoms with Crippen molar-refractivity contribution in [2.24, 2.45) is 5.92 Å². The first-order chi connectivity index (χ1) is 9.13. The van der Waals surface area contributed by atoms with E-state index in [0.717, 1.165) is 25.8 Å². The largest absolute Gasteiger partial charge is 0.393 e. The summed E-state index contributed by atoms with van der Waals surface area (Å²) < 4.78 is 0. The molecule has 0 atom stereocenters. The van der Waals surface area contributed by atoms with E-state index < -0.39 is 0 Å². The second-order valence-electron chi connectivity index (χ2n) is 6.14. The van der Waals surface area contributed by atoms with Gasteiger partial charge in [0, 0.05) is 20.0 Å². The van der Waals surface area contributed by atoms with Crippen molar-refractivity contribution >= 4 is 5.91 Å². The average molecular weight is 269 g/mol. The predicted molar refractivity (Wildman–Crippen MR) is 79.0 cm³/mol. The maximum Gasteiger partial charge on any atom is 0.222 e. The molecule has 0 aromatic carbocycles. The van der Waals surface area contributed by atoms with Gasteiger partial charge < -0.3 is 10.0 Å². The molecule has 0 heterocycles. The van der Waals surface area contributed by atoms with Gasteiger partial charge in [-0.05, 0) is 25.2 Å². The summed E-state index contributed by atoms with van der Waals surface area (Å²) in [6.07, 6.45) is 11.1. The van der Waals surface area contributed by atoms with E-state index in [1.165, 1.54) is 38.5 Å². The standard InChI is InChI=1S/C16H31NO2/c1-3-4-5-6-7-8-9-10-16(19)17(2)13-14-11-15(18)12-14/h14-15,18H,3-13H2,1-2H3. The van der Waals surface area contributed by atoms with E-state index in [-0.39, 0.29) is 12.0 Å². The van der Waals surface area contributed by atoms with E-state index in [1.54, 1.807) is 0 Å².